The summed E-state index contributed by atoms with van der Waals surface area (Å²) in [6.07, 6.45) is 2.84. The van der Waals surface area contributed by atoms with Gasteiger partial charge in [0.25, 0.3) is 0 Å². The average molecular weight is 327 g/mol. The Morgan fingerprint density at radius 2 is 2.00 bits per heavy atom. The molecular weight excluding hydrogens is 304 g/mol. The summed E-state index contributed by atoms with van der Waals surface area (Å²) >= 11 is 3.43. The molecule has 0 bridgehead atoms. The highest BCUT2D eigenvalue weighted by Gasteiger charge is 2.27. The van der Waals surface area contributed by atoms with Crippen LogP contribution in [0.3, 0.4) is 0 Å². The summed E-state index contributed by atoms with van der Waals surface area (Å²) in [6.45, 7) is 2.08. The standard InChI is InChI=1S/C15H23BrN2O/c1-18(10-11-8-14(19)9-11)7-6-15(17)12-2-4-13(16)5-3-12/h2-5,11,14-15,19H,6-10,17H2,1H3. The minimum atomic E-state index is -0.0524. The van der Waals surface area contributed by atoms with E-state index in [1.165, 1.54) is 5.56 Å². The third-order valence-corrected chi connectivity index (χ3v) is 4.43. The van der Waals surface area contributed by atoms with Gasteiger partial charge in [-0.05, 0) is 56.5 Å². The number of nitrogens with zero attached hydrogens (tertiary/aromatic N) is 1. The van der Waals surface area contributed by atoms with Crippen LogP contribution < -0.4 is 5.73 Å². The molecule has 0 spiro atoms. The second-order valence-electron chi connectivity index (χ2n) is 5.70. The molecule has 2 rings (SSSR count). The first-order chi connectivity index (χ1) is 9.04. The summed E-state index contributed by atoms with van der Waals surface area (Å²) in [4.78, 5) is 2.33. The van der Waals surface area contributed by atoms with Gasteiger partial charge in [-0.3, -0.25) is 0 Å². The van der Waals surface area contributed by atoms with Gasteiger partial charge in [0.2, 0.25) is 0 Å². The van der Waals surface area contributed by atoms with E-state index in [2.05, 4.69) is 40.0 Å². The summed E-state index contributed by atoms with van der Waals surface area (Å²) in [7, 11) is 2.14. The molecule has 0 aliphatic heterocycles. The van der Waals surface area contributed by atoms with Crippen LogP contribution in [0.5, 0.6) is 0 Å². The normalized spacial score (nSPS) is 24.3. The Balaban J connectivity index is 1.70. The highest BCUT2D eigenvalue weighted by molar-refractivity contribution is 9.10. The summed E-state index contributed by atoms with van der Waals surface area (Å²) in [5.74, 6) is 0.670. The van der Waals surface area contributed by atoms with Crippen molar-refractivity contribution in [3.05, 3.63) is 34.3 Å². The van der Waals surface area contributed by atoms with Crippen LogP contribution in [0.1, 0.15) is 30.9 Å². The zero-order valence-electron chi connectivity index (χ0n) is 11.4. The van der Waals surface area contributed by atoms with Gasteiger partial charge >= 0.3 is 0 Å². The third-order valence-electron chi connectivity index (χ3n) is 3.90. The first kappa shape index (κ1) is 15.0. The molecule has 3 nitrogen and oxygen atoms in total. The van der Waals surface area contributed by atoms with Crippen LogP contribution in [0.25, 0.3) is 0 Å². The number of halogens is 1. The van der Waals surface area contributed by atoms with Gasteiger partial charge < -0.3 is 15.7 Å². The first-order valence-corrected chi connectivity index (χ1v) is 7.71. The molecule has 1 atom stereocenters. The van der Waals surface area contributed by atoms with E-state index in [4.69, 9.17) is 5.73 Å². The van der Waals surface area contributed by atoms with Gasteiger partial charge in [0.05, 0.1) is 6.10 Å². The van der Waals surface area contributed by atoms with E-state index in [1.807, 2.05) is 12.1 Å². The number of aliphatic hydroxyl groups is 1. The quantitative estimate of drug-likeness (QED) is 0.844. The van der Waals surface area contributed by atoms with Crippen molar-refractivity contribution in [1.29, 1.82) is 0 Å². The lowest BCUT2D eigenvalue weighted by molar-refractivity contribution is 0.0280. The van der Waals surface area contributed by atoms with Crippen molar-refractivity contribution < 1.29 is 5.11 Å². The zero-order valence-corrected chi connectivity index (χ0v) is 13.0. The number of hydrogen-bond donors (Lipinski definition) is 2. The molecule has 3 N–H and O–H groups in total. The molecule has 0 heterocycles. The van der Waals surface area contributed by atoms with Crippen LogP contribution >= 0.6 is 15.9 Å². The Labute approximate surface area is 123 Å². The average Bonchev–Trinajstić information content (AvgIpc) is 2.35. The van der Waals surface area contributed by atoms with Crippen LogP contribution in [0.4, 0.5) is 0 Å². The maximum Gasteiger partial charge on any atom is 0.0546 e. The van der Waals surface area contributed by atoms with Crippen molar-refractivity contribution in [2.45, 2.75) is 31.4 Å². The van der Waals surface area contributed by atoms with Crippen LogP contribution in [-0.2, 0) is 0 Å². The minimum Gasteiger partial charge on any atom is -0.393 e. The fourth-order valence-corrected chi connectivity index (χ4v) is 2.88. The van der Waals surface area contributed by atoms with E-state index in [1.54, 1.807) is 0 Å². The SMILES string of the molecule is CN(CCC(N)c1ccc(Br)cc1)CC1CC(O)C1. The number of rotatable bonds is 6. The molecule has 0 radical (unpaired) electrons. The fourth-order valence-electron chi connectivity index (χ4n) is 2.62. The Morgan fingerprint density at radius 1 is 1.37 bits per heavy atom. The molecule has 0 saturated heterocycles. The lowest BCUT2D eigenvalue weighted by Crippen LogP contribution is -2.37. The van der Waals surface area contributed by atoms with Crippen LogP contribution in [0.15, 0.2) is 28.7 Å². The van der Waals surface area contributed by atoms with Gasteiger partial charge in [-0.25, -0.2) is 0 Å². The molecule has 4 heteroatoms. The van der Waals surface area contributed by atoms with Crippen LogP contribution in [-0.4, -0.2) is 36.2 Å². The Bertz CT molecular complexity index is 390. The van der Waals surface area contributed by atoms with Crippen molar-refractivity contribution in [2.75, 3.05) is 20.1 Å². The van der Waals surface area contributed by atoms with Crippen molar-refractivity contribution in [3.63, 3.8) is 0 Å². The molecule has 1 fully saturated rings. The van der Waals surface area contributed by atoms with E-state index < -0.39 is 0 Å². The monoisotopic (exact) mass is 326 g/mol. The second kappa shape index (κ2) is 6.84. The van der Waals surface area contributed by atoms with Crippen LogP contribution in [0, 0.1) is 5.92 Å². The summed E-state index contributed by atoms with van der Waals surface area (Å²) in [6, 6.07) is 8.33. The summed E-state index contributed by atoms with van der Waals surface area (Å²) in [5.41, 5.74) is 7.40. The molecule has 1 aliphatic rings. The number of benzene rings is 1. The number of hydrogen-bond acceptors (Lipinski definition) is 3. The van der Waals surface area contributed by atoms with E-state index in [-0.39, 0.29) is 12.1 Å². The molecule has 1 unspecified atom stereocenters. The van der Waals surface area contributed by atoms with Gasteiger partial charge in [0.1, 0.15) is 0 Å². The van der Waals surface area contributed by atoms with E-state index >= 15 is 0 Å². The smallest absolute Gasteiger partial charge is 0.0546 e. The first-order valence-electron chi connectivity index (χ1n) is 6.92. The molecule has 0 amide bonds. The second-order valence-corrected chi connectivity index (χ2v) is 6.62. The molecule has 1 aromatic carbocycles. The third kappa shape index (κ3) is 4.56. The molecule has 1 saturated carbocycles. The lowest BCUT2D eigenvalue weighted by atomic mass is 9.82. The number of aliphatic hydroxyl groups excluding tert-OH is 1. The van der Waals surface area contributed by atoms with Crippen molar-refractivity contribution in [1.82, 2.24) is 4.90 Å². The van der Waals surface area contributed by atoms with E-state index in [0.29, 0.717) is 5.92 Å². The highest BCUT2D eigenvalue weighted by Crippen LogP contribution is 2.27. The zero-order chi connectivity index (χ0) is 13.8. The topological polar surface area (TPSA) is 49.5 Å². The van der Waals surface area contributed by atoms with E-state index in [9.17, 15) is 5.11 Å². The van der Waals surface area contributed by atoms with Gasteiger partial charge in [-0.1, -0.05) is 28.1 Å². The fraction of sp³-hybridized carbons (Fsp3) is 0.600. The number of nitrogens with two attached hydrogens (primary N) is 1. The Kier molecular flexibility index (Phi) is 5.39. The predicted octanol–water partition coefficient (Wildman–Crippen LogP) is 2.54. The van der Waals surface area contributed by atoms with Crippen molar-refractivity contribution in [2.24, 2.45) is 11.7 Å². The maximum absolute atomic E-state index is 9.28. The predicted molar refractivity (Wildman–Crippen MR) is 81.9 cm³/mol. The van der Waals surface area contributed by atoms with Crippen molar-refractivity contribution >= 4 is 15.9 Å². The highest BCUT2D eigenvalue weighted by atomic mass is 79.9. The Hall–Kier alpha value is -0.420. The molecule has 1 aromatic rings. The van der Waals surface area contributed by atoms with Gasteiger partial charge in [-0.15, -0.1) is 0 Å². The largest absolute Gasteiger partial charge is 0.393 e. The molecule has 1 aliphatic carbocycles. The lowest BCUT2D eigenvalue weighted by Gasteiger charge is -2.34. The van der Waals surface area contributed by atoms with Crippen molar-refractivity contribution in [3.8, 4) is 0 Å². The molecule has 0 aromatic heterocycles. The summed E-state index contributed by atoms with van der Waals surface area (Å²) in [5, 5.41) is 9.28. The Morgan fingerprint density at radius 3 is 2.58 bits per heavy atom. The van der Waals surface area contributed by atoms with Gasteiger partial charge in [0, 0.05) is 17.1 Å². The maximum atomic E-state index is 9.28. The minimum absolute atomic E-state index is 0.0524. The van der Waals surface area contributed by atoms with Crippen LogP contribution in [0.2, 0.25) is 0 Å². The van der Waals surface area contributed by atoms with E-state index in [0.717, 1.165) is 36.8 Å². The molecule has 19 heavy (non-hydrogen) atoms. The molecular formula is C15H23BrN2O. The van der Waals surface area contributed by atoms with Gasteiger partial charge in [0.15, 0.2) is 0 Å². The van der Waals surface area contributed by atoms with Gasteiger partial charge in [-0.2, -0.15) is 0 Å². The molecule has 106 valence electrons. The summed E-state index contributed by atoms with van der Waals surface area (Å²) < 4.78 is 1.09.